The highest BCUT2D eigenvalue weighted by Crippen LogP contribution is 2.36. The lowest BCUT2D eigenvalue weighted by Gasteiger charge is -2.12. The Morgan fingerprint density at radius 1 is 1.15 bits per heavy atom. The van der Waals surface area contributed by atoms with Gasteiger partial charge in [0.05, 0.1) is 11.4 Å². The van der Waals surface area contributed by atoms with E-state index >= 15 is 0 Å². The summed E-state index contributed by atoms with van der Waals surface area (Å²) in [6.07, 6.45) is 0. The molecule has 0 spiro atoms. The smallest absolute Gasteiger partial charge is 0.292 e. The number of nitrogens with zero attached hydrogens (tertiary/aromatic N) is 2. The minimum Gasteiger partial charge on any atom is -0.451 e. The fraction of sp³-hybridized carbons (Fsp3) is 0.143. The van der Waals surface area contributed by atoms with Crippen LogP contribution in [-0.4, -0.2) is 15.7 Å². The SMILES string of the molecule is Cc1ccccc1-n1nc2c(c1NC(=O)c1cc3ccccc3o1)CSC2. The van der Waals surface area contributed by atoms with Crippen molar-refractivity contribution in [1.82, 2.24) is 9.78 Å². The van der Waals surface area contributed by atoms with Gasteiger partial charge in [-0.25, -0.2) is 4.68 Å². The molecule has 0 radical (unpaired) electrons. The minimum atomic E-state index is -0.263. The second-order valence-corrected chi connectivity index (χ2v) is 7.55. The van der Waals surface area contributed by atoms with Crippen LogP contribution < -0.4 is 5.32 Å². The third-order valence-corrected chi connectivity index (χ3v) is 5.75. The Labute approximate surface area is 160 Å². The monoisotopic (exact) mass is 375 g/mol. The van der Waals surface area contributed by atoms with Crippen LogP contribution in [-0.2, 0) is 11.5 Å². The molecule has 2 aromatic carbocycles. The molecule has 0 saturated carbocycles. The summed E-state index contributed by atoms with van der Waals surface area (Å²) in [6.45, 7) is 2.04. The van der Waals surface area contributed by atoms with Gasteiger partial charge in [-0.1, -0.05) is 36.4 Å². The summed E-state index contributed by atoms with van der Waals surface area (Å²) in [6, 6.07) is 17.4. The first-order valence-electron chi connectivity index (χ1n) is 8.75. The third kappa shape index (κ3) is 2.73. The maximum Gasteiger partial charge on any atom is 0.292 e. The molecule has 1 aliphatic rings. The molecule has 5 nitrogen and oxygen atoms in total. The number of aryl methyl sites for hydroxylation is 1. The molecular weight excluding hydrogens is 358 g/mol. The second-order valence-electron chi connectivity index (χ2n) is 6.57. The predicted octanol–water partition coefficient (Wildman–Crippen LogP) is 4.93. The Morgan fingerprint density at radius 3 is 2.81 bits per heavy atom. The van der Waals surface area contributed by atoms with Crippen LogP contribution in [0.4, 0.5) is 5.82 Å². The van der Waals surface area contributed by atoms with E-state index in [-0.39, 0.29) is 5.91 Å². The van der Waals surface area contributed by atoms with E-state index in [0.29, 0.717) is 11.3 Å². The molecule has 5 rings (SSSR count). The van der Waals surface area contributed by atoms with Crippen molar-refractivity contribution in [3.8, 4) is 5.69 Å². The third-order valence-electron chi connectivity index (χ3n) is 4.78. The number of para-hydroxylation sites is 2. The first kappa shape index (κ1) is 16.2. The summed E-state index contributed by atoms with van der Waals surface area (Å²) < 4.78 is 7.57. The lowest BCUT2D eigenvalue weighted by Crippen LogP contribution is -2.16. The average molecular weight is 375 g/mol. The summed E-state index contributed by atoms with van der Waals surface area (Å²) in [7, 11) is 0. The summed E-state index contributed by atoms with van der Waals surface area (Å²) in [5, 5.41) is 8.72. The van der Waals surface area contributed by atoms with E-state index in [9.17, 15) is 4.79 Å². The molecule has 1 amide bonds. The number of nitrogens with one attached hydrogen (secondary N) is 1. The van der Waals surface area contributed by atoms with Crippen LogP contribution in [0.2, 0.25) is 0 Å². The fourth-order valence-electron chi connectivity index (χ4n) is 3.38. The summed E-state index contributed by atoms with van der Waals surface area (Å²) in [5.41, 5.74) is 4.90. The number of fused-ring (bicyclic) bond motifs is 2. The van der Waals surface area contributed by atoms with Crippen LogP contribution in [0, 0.1) is 6.92 Å². The van der Waals surface area contributed by atoms with Gasteiger partial charge in [0.2, 0.25) is 0 Å². The summed E-state index contributed by atoms with van der Waals surface area (Å²) in [4.78, 5) is 12.9. The van der Waals surface area contributed by atoms with E-state index in [1.807, 2.05) is 71.9 Å². The van der Waals surface area contributed by atoms with Crippen LogP contribution >= 0.6 is 11.8 Å². The van der Waals surface area contributed by atoms with Crippen molar-refractivity contribution in [1.29, 1.82) is 0 Å². The lowest BCUT2D eigenvalue weighted by molar-refractivity contribution is 0.0998. The van der Waals surface area contributed by atoms with Gasteiger partial charge >= 0.3 is 0 Å². The molecule has 1 aliphatic heterocycles. The first-order chi connectivity index (χ1) is 13.2. The first-order valence-corrected chi connectivity index (χ1v) is 9.90. The zero-order valence-corrected chi connectivity index (χ0v) is 15.5. The van der Waals surface area contributed by atoms with Crippen molar-refractivity contribution in [3.63, 3.8) is 0 Å². The maximum absolute atomic E-state index is 12.9. The van der Waals surface area contributed by atoms with E-state index in [1.54, 1.807) is 6.07 Å². The average Bonchev–Trinajstić information content (AvgIpc) is 3.37. The number of benzene rings is 2. The molecule has 134 valence electrons. The normalized spacial score (nSPS) is 13.1. The van der Waals surface area contributed by atoms with Gasteiger partial charge in [-0.2, -0.15) is 16.9 Å². The number of furan rings is 1. The number of carbonyl (C=O) groups excluding carboxylic acids is 1. The standard InChI is InChI=1S/C21H17N3O2S/c1-13-6-2-4-8-17(13)24-20(15-11-27-12-16(15)23-24)22-21(25)19-10-14-7-3-5-9-18(14)26-19/h2-10H,11-12H2,1H3,(H,22,25). The van der Waals surface area contributed by atoms with Crippen molar-refractivity contribution in [2.24, 2.45) is 0 Å². The molecule has 0 bridgehead atoms. The predicted molar refractivity (Wildman–Crippen MR) is 107 cm³/mol. The fourth-order valence-corrected chi connectivity index (χ4v) is 4.41. The number of rotatable bonds is 3. The topological polar surface area (TPSA) is 60.1 Å². The molecule has 0 saturated heterocycles. The van der Waals surface area contributed by atoms with Gasteiger partial charge in [0, 0.05) is 22.5 Å². The number of thioether (sulfide) groups is 1. The van der Waals surface area contributed by atoms with Crippen LogP contribution in [0.15, 0.2) is 59.0 Å². The molecule has 2 aromatic heterocycles. The molecule has 0 unspecified atom stereocenters. The van der Waals surface area contributed by atoms with Crippen LogP contribution in [0.1, 0.15) is 27.4 Å². The van der Waals surface area contributed by atoms with Crippen LogP contribution in [0.25, 0.3) is 16.7 Å². The molecule has 0 atom stereocenters. The van der Waals surface area contributed by atoms with E-state index < -0.39 is 0 Å². The van der Waals surface area contributed by atoms with Gasteiger partial charge in [-0.05, 0) is 30.7 Å². The summed E-state index contributed by atoms with van der Waals surface area (Å²) in [5.74, 6) is 2.47. The van der Waals surface area contributed by atoms with Gasteiger partial charge in [0.1, 0.15) is 11.4 Å². The van der Waals surface area contributed by atoms with Gasteiger partial charge < -0.3 is 9.73 Å². The highest BCUT2D eigenvalue weighted by Gasteiger charge is 2.26. The lowest BCUT2D eigenvalue weighted by atomic mass is 10.2. The largest absolute Gasteiger partial charge is 0.451 e. The quantitative estimate of drug-likeness (QED) is 0.552. The molecule has 27 heavy (non-hydrogen) atoms. The van der Waals surface area contributed by atoms with E-state index in [0.717, 1.165) is 45.2 Å². The van der Waals surface area contributed by atoms with E-state index in [2.05, 4.69) is 5.32 Å². The van der Waals surface area contributed by atoms with Gasteiger partial charge in [-0.3, -0.25) is 4.79 Å². The molecular formula is C21H17N3O2S. The Hall–Kier alpha value is -2.99. The van der Waals surface area contributed by atoms with Crippen molar-refractivity contribution < 1.29 is 9.21 Å². The zero-order valence-electron chi connectivity index (χ0n) is 14.7. The Balaban J connectivity index is 1.56. The van der Waals surface area contributed by atoms with Gasteiger partial charge in [-0.15, -0.1) is 0 Å². The van der Waals surface area contributed by atoms with Crippen LogP contribution in [0.5, 0.6) is 0 Å². The molecule has 1 N–H and O–H groups in total. The van der Waals surface area contributed by atoms with Crippen LogP contribution in [0.3, 0.4) is 0 Å². The number of aromatic nitrogens is 2. The van der Waals surface area contributed by atoms with Crippen molar-refractivity contribution in [3.05, 3.63) is 77.2 Å². The van der Waals surface area contributed by atoms with E-state index in [4.69, 9.17) is 9.52 Å². The van der Waals surface area contributed by atoms with Crippen molar-refractivity contribution in [2.75, 3.05) is 5.32 Å². The Morgan fingerprint density at radius 2 is 1.96 bits per heavy atom. The number of anilines is 1. The molecule has 4 aromatic rings. The maximum atomic E-state index is 12.9. The van der Waals surface area contributed by atoms with Crippen molar-refractivity contribution in [2.45, 2.75) is 18.4 Å². The molecule has 0 fully saturated rings. The van der Waals surface area contributed by atoms with Gasteiger partial charge in [0.15, 0.2) is 5.76 Å². The van der Waals surface area contributed by atoms with E-state index in [1.165, 1.54) is 0 Å². The Kier molecular flexibility index (Phi) is 3.79. The number of hydrogen-bond donors (Lipinski definition) is 1. The number of hydrogen-bond acceptors (Lipinski definition) is 4. The molecule has 3 heterocycles. The minimum absolute atomic E-state index is 0.263. The number of carbonyl (C=O) groups is 1. The summed E-state index contributed by atoms with van der Waals surface area (Å²) >= 11 is 1.81. The van der Waals surface area contributed by atoms with Crippen molar-refractivity contribution >= 4 is 34.5 Å². The Bertz CT molecular complexity index is 1140. The number of amides is 1. The highest BCUT2D eigenvalue weighted by molar-refractivity contribution is 7.98. The highest BCUT2D eigenvalue weighted by atomic mass is 32.2. The zero-order chi connectivity index (χ0) is 18.4. The molecule has 0 aliphatic carbocycles. The molecule has 6 heteroatoms. The second kappa shape index (κ2) is 6.32. The van der Waals surface area contributed by atoms with Gasteiger partial charge in [0.25, 0.3) is 5.91 Å².